The molecule has 1 aliphatic heterocycles. The van der Waals surface area contributed by atoms with E-state index in [1.165, 1.54) is 0 Å². The minimum Gasteiger partial charge on any atom is -0.496 e. The summed E-state index contributed by atoms with van der Waals surface area (Å²) >= 11 is 3.56. The monoisotopic (exact) mass is 583 g/mol. The van der Waals surface area contributed by atoms with Crippen molar-refractivity contribution in [1.29, 1.82) is 0 Å². The standard InChI is InChI=1S/C30H34BrNO6/c1-7-16(2)38-30(34)27-17(3)32-22-12-19(18-8-10-25(36-5)26(14-18)37-6)13-23(33)29(22)28(27)21-15-20(31)9-11-24(21)35-4/h8-11,14-16,19,28,32H,7,12-13H2,1-6H3/t16-,19+,28-/m0/s1. The average molecular weight is 585 g/mol. The van der Waals surface area contributed by atoms with Crippen LogP contribution in [0.5, 0.6) is 17.2 Å². The Balaban J connectivity index is 1.82. The zero-order chi connectivity index (χ0) is 27.6. The van der Waals surface area contributed by atoms with Crippen molar-refractivity contribution in [1.82, 2.24) is 5.32 Å². The summed E-state index contributed by atoms with van der Waals surface area (Å²) in [4.78, 5) is 27.4. The molecule has 0 radical (unpaired) electrons. The molecular weight excluding hydrogens is 550 g/mol. The molecule has 2 aromatic rings. The summed E-state index contributed by atoms with van der Waals surface area (Å²) in [5.41, 5.74) is 4.22. The van der Waals surface area contributed by atoms with E-state index in [2.05, 4.69) is 21.2 Å². The highest BCUT2D eigenvalue weighted by Crippen LogP contribution is 2.48. The molecule has 0 saturated heterocycles. The van der Waals surface area contributed by atoms with E-state index in [4.69, 9.17) is 18.9 Å². The molecule has 0 bridgehead atoms. The molecule has 38 heavy (non-hydrogen) atoms. The van der Waals surface area contributed by atoms with E-state index in [-0.39, 0.29) is 17.8 Å². The molecule has 3 atom stereocenters. The Morgan fingerprint density at radius 3 is 2.37 bits per heavy atom. The Labute approximate surface area is 232 Å². The van der Waals surface area contributed by atoms with Gasteiger partial charge in [0.2, 0.25) is 0 Å². The van der Waals surface area contributed by atoms with Gasteiger partial charge >= 0.3 is 5.97 Å². The number of ketones is 1. The molecule has 0 saturated carbocycles. The summed E-state index contributed by atoms with van der Waals surface area (Å²) in [6.07, 6.45) is 1.35. The lowest BCUT2D eigenvalue weighted by Gasteiger charge is -2.37. The molecule has 202 valence electrons. The van der Waals surface area contributed by atoms with Crippen LogP contribution in [0.15, 0.2) is 63.4 Å². The molecule has 0 unspecified atom stereocenters. The molecule has 0 fully saturated rings. The van der Waals surface area contributed by atoms with Gasteiger partial charge in [-0.2, -0.15) is 0 Å². The molecule has 1 N–H and O–H groups in total. The zero-order valence-electron chi connectivity index (χ0n) is 22.6. The fraction of sp³-hybridized carbons (Fsp3) is 0.400. The van der Waals surface area contributed by atoms with E-state index in [0.717, 1.165) is 21.3 Å². The first-order valence-corrected chi connectivity index (χ1v) is 13.5. The van der Waals surface area contributed by atoms with Gasteiger partial charge in [0.05, 0.1) is 38.9 Å². The van der Waals surface area contributed by atoms with Gasteiger partial charge in [0.15, 0.2) is 17.3 Å². The third-order valence-corrected chi connectivity index (χ3v) is 7.81. The van der Waals surface area contributed by atoms with Crippen LogP contribution in [-0.4, -0.2) is 39.2 Å². The van der Waals surface area contributed by atoms with Gasteiger partial charge in [0, 0.05) is 33.4 Å². The van der Waals surface area contributed by atoms with Crippen LogP contribution in [-0.2, 0) is 14.3 Å². The average Bonchev–Trinajstić information content (AvgIpc) is 2.91. The largest absolute Gasteiger partial charge is 0.496 e. The van der Waals surface area contributed by atoms with E-state index in [1.807, 2.05) is 57.2 Å². The highest BCUT2D eigenvalue weighted by atomic mass is 79.9. The maximum absolute atomic E-state index is 13.9. The second-order valence-corrected chi connectivity index (χ2v) is 10.6. The Morgan fingerprint density at radius 1 is 1.03 bits per heavy atom. The topological polar surface area (TPSA) is 83.1 Å². The molecule has 4 rings (SSSR count). The molecule has 2 aliphatic rings. The lowest BCUT2D eigenvalue weighted by molar-refractivity contribution is -0.144. The van der Waals surface area contributed by atoms with Gasteiger partial charge in [-0.15, -0.1) is 0 Å². The van der Waals surface area contributed by atoms with Crippen molar-refractivity contribution in [3.05, 3.63) is 74.5 Å². The minimum atomic E-state index is -0.617. The van der Waals surface area contributed by atoms with Gasteiger partial charge in [-0.1, -0.05) is 28.9 Å². The summed E-state index contributed by atoms with van der Waals surface area (Å²) < 4.78 is 23.2. The second kappa shape index (κ2) is 11.6. The lowest BCUT2D eigenvalue weighted by Crippen LogP contribution is -2.36. The first-order valence-electron chi connectivity index (χ1n) is 12.7. The normalized spacial score (nSPS) is 19.9. The fourth-order valence-electron chi connectivity index (χ4n) is 5.22. The fourth-order valence-corrected chi connectivity index (χ4v) is 5.60. The van der Waals surface area contributed by atoms with Crippen LogP contribution in [0.3, 0.4) is 0 Å². The quantitative estimate of drug-likeness (QED) is 0.371. The number of esters is 1. The number of nitrogens with one attached hydrogen (secondary N) is 1. The van der Waals surface area contributed by atoms with Gasteiger partial charge in [-0.3, -0.25) is 4.79 Å². The highest BCUT2D eigenvalue weighted by Gasteiger charge is 2.42. The molecule has 0 aromatic heterocycles. The predicted molar refractivity (Wildman–Crippen MR) is 149 cm³/mol. The molecule has 1 aliphatic carbocycles. The minimum absolute atomic E-state index is 0.0214. The third-order valence-electron chi connectivity index (χ3n) is 7.31. The lowest BCUT2D eigenvalue weighted by atomic mass is 9.71. The molecule has 0 amide bonds. The van der Waals surface area contributed by atoms with Crippen molar-refractivity contribution in [2.45, 2.75) is 58.0 Å². The number of dihydropyridines is 1. The maximum Gasteiger partial charge on any atom is 0.337 e. The number of Topliss-reactive ketones (excluding diaryl/α,β-unsaturated/α-hetero) is 1. The molecule has 1 heterocycles. The van der Waals surface area contributed by atoms with E-state index in [1.54, 1.807) is 21.3 Å². The van der Waals surface area contributed by atoms with Gasteiger partial charge in [-0.25, -0.2) is 4.79 Å². The van der Waals surface area contributed by atoms with Gasteiger partial charge in [0.1, 0.15) is 5.75 Å². The van der Waals surface area contributed by atoms with Crippen molar-refractivity contribution in [2.75, 3.05) is 21.3 Å². The van der Waals surface area contributed by atoms with Crippen LogP contribution in [0.1, 0.15) is 63.0 Å². The smallest absolute Gasteiger partial charge is 0.337 e. The van der Waals surface area contributed by atoms with Gasteiger partial charge < -0.3 is 24.3 Å². The number of carbonyl (C=O) groups excluding carboxylic acids is 2. The van der Waals surface area contributed by atoms with Crippen LogP contribution in [0.4, 0.5) is 0 Å². The van der Waals surface area contributed by atoms with Crippen molar-refractivity contribution in [2.24, 2.45) is 0 Å². The molecule has 0 spiro atoms. The maximum atomic E-state index is 13.9. The van der Waals surface area contributed by atoms with Crippen LogP contribution in [0.2, 0.25) is 0 Å². The summed E-state index contributed by atoms with van der Waals surface area (Å²) in [7, 11) is 4.79. The highest BCUT2D eigenvalue weighted by molar-refractivity contribution is 9.10. The summed E-state index contributed by atoms with van der Waals surface area (Å²) in [5.74, 6) is 0.734. The number of rotatable bonds is 8. The van der Waals surface area contributed by atoms with Crippen LogP contribution in [0.25, 0.3) is 0 Å². The van der Waals surface area contributed by atoms with E-state index >= 15 is 0 Å². The van der Waals surface area contributed by atoms with E-state index in [0.29, 0.717) is 53.4 Å². The number of halogens is 1. The molecule has 7 nitrogen and oxygen atoms in total. The third kappa shape index (κ3) is 5.32. The first-order chi connectivity index (χ1) is 18.2. The predicted octanol–water partition coefficient (Wildman–Crippen LogP) is 6.18. The number of allylic oxidation sites excluding steroid dienone is 3. The SMILES string of the molecule is CC[C@H](C)OC(=O)C1=C(C)NC2=C(C(=O)C[C@H](c3ccc(OC)c(OC)c3)C2)[C@H]1c1cc(Br)ccc1OC. The van der Waals surface area contributed by atoms with Crippen molar-refractivity contribution in [3.8, 4) is 17.2 Å². The summed E-state index contributed by atoms with van der Waals surface area (Å²) in [5, 5.41) is 3.40. The van der Waals surface area contributed by atoms with Crippen LogP contribution in [0, 0.1) is 0 Å². The van der Waals surface area contributed by atoms with Crippen molar-refractivity contribution < 1.29 is 28.5 Å². The Hall–Kier alpha value is -3.26. The van der Waals surface area contributed by atoms with E-state index in [9.17, 15) is 9.59 Å². The number of hydrogen-bond acceptors (Lipinski definition) is 7. The summed E-state index contributed by atoms with van der Waals surface area (Å²) in [6, 6.07) is 11.4. The number of methoxy groups -OCH3 is 3. The number of hydrogen-bond donors (Lipinski definition) is 1. The Bertz CT molecular complexity index is 1310. The first kappa shape index (κ1) is 27.8. The van der Waals surface area contributed by atoms with E-state index < -0.39 is 11.9 Å². The second-order valence-electron chi connectivity index (χ2n) is 9.64. The number of carbonyl (C=O) groups is 2. The summed E-state index contributed by atoms with van der Waals surface area (Å²) in [6.45, 7) is 5.69. The zero-order valence-corrected chi connectivity index (χ0v) is 24.2. The molecule has 2 aromatic carbocycles. The molecule has 8 heteroatoms. The van der Waals surface area contributed by atoms with Gasteiger partial charge in [0.25, 0.3) is 0 Å². The van der Waals surface area contributed by atoms with Gasteiger partial charge in [-0.05, 0) is 68.5 Å². The van der Waals surface area contributed by atoms with Crippen molar-refractivity contribution in [3.63, 3.8) is 0 Å². The Kier molecular flexibility index (Phi) is 8.51. The number of ether oxygens (including phenoxy) is 4. The van der Waals surface area contributed by atoms with Crippen LogP contribution >= 0.6 is 15.9 Å². The Morgan fingerprint density at radius 2 is 1.71 bits per heavy atom. The van der Waals surface area contributed by atoms with Crippen LogP contribution < -0.4 is 19.5 Å². The molecular formula is C30H34BrNO6. The van der Waals surface area contributed by atoms with Crippen molar-refractivity contribution >= 4 is 27.7 Å². The number of benzene rings is 2.